The first kappa shape index (κ1) is 14.3. The molecule has 0 bridgehead atoms. The molecular weight excluding hydrogens is 220 g/mol. The summed E-state index contributed by atoms with van der Waals surface area (Å²) in [6, 6.07) is 0. The van der Waals surface area contributed by atoms with Crippen LogP contribution in [0.5, 0.6) is 0 Å². The molecule has 0 amide bonds. The SMILES string of the molecule is CCCNCC1(CN2CCCC2)CCCC(C)C1. The highest BCUT2D eigenvalue weighted by molar-refractivity contribution is 4.90. The fraction of sp³-hybridized carbons (Fsp3) is 1.00. The van der Waals surface area contributed by atoms with Crippen LogP contribution in [0.3, 0.4) is 0 Å². The van der Waals surface area contributed by atoms with E-state index >= 15 is 0 Å². The summed E-state index contributed by atoms with van der Waals surface area (Å²) in [5, 5.41) is 3.71. The minimum atomic E-state index is 0.581. The van der Waals surface area contributed by atoms with E-state index in [0.717, 1.165) is 5.92 Å². The minimum absolute atomic E-state index is 0.581. The van der Waals surface area contributed by atoms with Gasteiger partial charge in [-0.05, 0) is 63.1 Å². The molecule has 2 rings (SSSR count). The molecule has 1 saturated carbocycles. The summed E-state index contributed by atoms with van der Waals surface area (Å²) in [6.45, 7) is 11.2. The van der Waals surface area contributed by atoms with E-state index in [1.165, 1.54) is 77.7 Å². The van der Waals surface area contributed by atoms with Crippen LogP contribution in [0.25, 0.3) is 0 Å². The van der Waals surface area contributed by atoms with Gasteiger partial charge in [0.25, 0.3) is 0 Å². The summed E-state index contributed by atoms with van der Waals surface area (Å²) in [6.07, 6.45) is 9.90. The Bertz CT molecular complexity index is 235. The molecule has 1 N–H and O–H groups in total. The molecule has 106 valence electrons. The van der Waals surface area contributed by atoms with Crippen molar-refractivity contribution in [2.24, 2.45) is 11.3 Å². The van der Waals surface area contributed by atoms with E-state index in [0.29, 0.717) is 5.41 Å². The molecule has 2 atom stereocenters. The summed E-state index contributed by atoms with van der Waals surface area (Å²) in [7, 11) is 0. The standard InChI is InChI=1S/C16H32N2/c1-3-9-17-13-16(8-6-7-15(2)12-16)14-18-10-4-5-11-18/h15,17H,3-14H2,1-2H3. The molecule has 2 aliphatic rings. The second-order valence-corrected chi connectivity index (χ2v) is 6.86. The van der Waals surface area contributed by atoms with Crippen LogP contribution in [0, 0.1) is 11.3 Å². The number of rotatable bonds is 6. The second-order valence-electron chi connectivity index (χ2n) is 6.86. The maximum absolute atomic E-state index is 3.71. The van der Waals surface area contributed by atoms with Crippen molar-refractivity contribution in [2.75, 3.05) is 32.7 Å². The molecular formula is C16H32N2. The number of nitrogens with zero attached hydrogens (tertiary/aromatic N) is 1. The van der Waals surface area contributed by atoms with Crippen LogP contribution >= 0.6 is 0 Å². The van der Waals surface area contributed by atoms with Gasteiger partial charge in [0.15, 0.2) is 0 Å². The predicted molar refractivity (Wildman–Crippen MR) is 78.9 cm³/mol. The van der Waals surface area contributed by atoms with Gasteiger partial charge in [0.05, 0.1) is 0 Å². The summed E-state index contributed by atoms with van der Waals surface area (Å²) in [5.41, 5.74) is 0.581. The lowest BCUT2D eigenvalue weighted by Crippen LogP contribution is -2.46. The van der Waals surface area contributed by atoms with Gasteiger partial charge in [-0.1, -0.05) is 26.7 Å². The molecule has 1 aliphatic heterocycles. The maximum Gasteiger partial charge on any atom is 0.00502 e. The quantitative estimate of drug-likeness (QED) is 0.730. The van der Waals surface area contributed by atoms with Gasteiger partial charge in [0.2, 0.25) is 0 Å². The van der Waals surface area contributed by atoms with Crippen molar-refractivity contribution in [3.63, 3.8) is 0 Å². The summed E-state index contributed by atoms with van der Waals surface area (Å²) in [5.74, 6) is 0.935. The van der Waals surface area contributed by atoms with Crippen LogP contribution in [-0.4, -0.2) is 37.6 Å². The van der Waals surface area contributed by atoms with E-state index in [-0.39, 0.29) is 0 Å². The third kappa shape index (κ3) is 3.96. The zero-order valence-electron chi connectivity index (χ0n) is 12.5. The molecule has 0 aromatic heterocycles. The van der Waals surface area contributed by atoms with Gasteiger partial charge < -0.3 is 10.2 Å². The van der Waals surface area contributed by atoms with Crippen molar-refractivity contribution in [3.8, 4) is 0 Å². The normalized spacial score (nSPS) is 34.0. The highest BCUT2D eigenvalue weighted by Crippen LogP contribution is 2.40. The lowest BCUT2D eigenvalue weighted by atomic mass is 9.69. The van der Waals surface area contributed by atoms with Gasteiger partial charge in [-0.25, -0.2) is 0 Å². The van der Waals surface area contributed by atoms with Gasteiger partial charge in [-0.15, -0.1) is 0 Å². The van der Waals surface area contributed by atoms with Crippen LogP contribution in [-0.2, 0) is 0 Å². The third-order valence-electron chi connectivity index (χ3n) is 4.87. The molecule has 2 fully saturated rings. The molecule has 1 saturated heterocycles. The number of hydrogen-bond donors (Lipinski definition) is 1. The molecule has 1 heterocycles. The summed E-state index contributed by atoms with van der Waals surface area (Å²) in [4.78, 5) is 2.73. The van der Waals surface area contributed by atoms with Gasteiger partial charge in [-0.3, -0.25) is 0 Å². The van der Waals surface area contributed by atoms with E-state index in [9.17, 15) is 0 Å². The second kappa shape index (κ2) is 6.91. The Morgan fingerprint density at radius 3 is 2.67 bits per heavy atom. The number of hydrogen-bond acceptors (Lipinski definition) is 2. The van der Waals surface area contributed by atoms with Gasteiger partial charge in [0.1, 0.15) is 0 Å². The Kier molecular flexibility index (Phi) is 5.50. The zero-order valence-corrected chi connectivity index (χ0v) is 12.5. The summed E-state index contributed by atoms with van der Waals surface area (Å²) < 4.78 is 0. The van der Waals surface area contributed by atoms with Crippen molar-refractivity contribution in [1.29, 1.82) is 0 Å². The van der Waals surface area contributed by atoms with Crippen molar-refractivity contribution < 1.29 is 0 Å². The lowest BCUT2D eigenvalue weighted by molar-refractivity contribution is 0.0913. The van der Waals surface area contributed by atoms with Gasteiger partial charge in [0, 0.05) is 13.1 Å². The highest BCUT2D eigenvalue weighted by Gasteiger charge is 2.36. The van der Waals surface area contributed by atoms with E-state index in [1.54, 1.807) is 0 Å². The monoisotopic (exact) mass is 252 g/mol. The average molecular weight is 252 g/mol. The Morgan fingerprint density at radius 2 is 2.00 bits per heavy atom. The Labute approximate surface area is 114 Å². The largest absolute Gasteiger partial charge is 0.316 e. The van der Waals surface area contributed by atoms with Gasteiger partial charge in [-0.2, -0.15) is 0 Å². The van der Waals surface area contributed by atoms with Crippen LogP contribution in [0.1, 0.15) is 58.8 Å². The van der Waals surface area contributed by atoms with E-state index in [2.05, 4.69) is 24.1 Å². The van der Waals surface area contributed by atoms with Gasteiger partial charge >= 0.3 is 0 Å². The molecule has 1 aliphatic carbocycles. The van der Waals surface area contributed by atoms with Crippen LogP contribution in [0.4, 0.5) is 0 Å². The Balaban J connectivity index is 1.91. The third-order valence-corrected chi connectivity index (χ3v) is 4.87. The van der Waals surface area contributed by atoms with Crippen molar-refractivity contribution >= 4 is 0 Å². The molecule has 0 radical (unpaired) electrons. The topological polar surface area (TPSA) is 15.3 Å². The lowest BCUT2D eigenvalue weighted by Gasteiger charge is -2.43. The first-order valence-corrected chi connectivity index (χ1v) is 8.17. The zero-order chi connectivity index (χ0) is 12.8. The fourth-order valence-corrected chi connectivity index (χ4v) is 4.07. The molecule has 0 aromatic carbocycles. The first-order chi connectivity index (χ1) is 8.74. The highest BCUT2D eigenvalue weighted by atomic mass is 15.1. The molecule has 0 spiro atoms. The minimum Gasteiger partial charge on any atom is -0.316 e. The number of nitrogens with one attached hydrogen (secondary N) is 1. The Hall–Kier alpha value is -0.0800. The first-order valence-electron chi connectivity index (χ1n) is 8.17. The van der Waals surface area contributed by atoms with Crippen LogP contribution in [0.2, 0.25) is 0 Å². The molecule has 2 heteroatoms. The van der Waals surface area contributed by atoms with Crippen molar-refractivity contribution in [1.82, 2.24) is 10.2 Å². The molecule has 0 aromatic rings. The predicted octanol–water partition coefficient (Wildman–Crippen LogP) is 3.28. The fourth-order valence-electron chi connectivity index (χ4n) is 4.07. The molecule has 2 unspecified atom stereocenters. The smallest absolute Gasteiger partial charge is 0.00502 e. The van der Waals surface area contributed by atoms with Crippen molar-refractivity contribution in [3.05, 3.63) is 0 Å². The van der Waals surface area contributed by atoms with E-state index in [4.69, 9.17) is 0 Å². The van der Waals surface area contributed by atoms with E-state index in [1.807, 2.05) is 0 Å². The Morgan fingerprint density at radius 1 is 1.22 bits per heavy atom. The molecule has 18 heavy (non-hydrogen) atoms. The maximum atomic E-state index is 3.71. The summed E-state index contributed by atoms with van der Waals surface area (Å²) >= 11 is 0. The average Bonchev–Trinajstić information content (AvgIpc) is 2.82. The molecule has 2 nitrogen and oxygen atoms in total. The van der Waals surface area contributed by atoms with Crippen LogP contribution in [0.15, 0.2) is 0 Å². The van der Waals surface area contributed by atoms with E-state index < -0.39 is 0 Å². The van der Waals surface area contributed by atoms with Crippen LogP contribution < -0.4 is 5.32 Å². The van der Waals surface area contributed by atoms with Crippen molar-refractivity contribution in [2.45, 2.75) is 58.8 Å². The number of likely N-dealkylation sites (tertiary alicyclic amines) is 1.